The Hall–Kier alpha value is -1.09. The molecule has 0 saturated carbocycles. The van der Waals surface area contributed by atoms with Crippen molar-refractivity contribution >= 4 is 6.08 Å². The summed E-state index contributed by atoms with van der Waals surface area (Å²) in [4.78, 5) is 4.26. The van der Waals surface area contributed by atoms with Crippen LogP contribution in [0.2, 0.25) is 0 Å². The predicted molar refractivity (Wildman–Crippen MR) is 56.0 cm³/mol. The van der Waals surface area contributed by atoms with Crippen LogP contribution < -0.4 is 0 Å². The number of allylic oxidation sites excluding steroid dienone is 1. The number of hydrogen-bond acceptors (Lipinski definition) is 3. The topological polar surface area (TPSA) is 46.3 Å². The number of aliphatic hydroxyl groups is 1. The van der Waals surface area contributed by atoms with Gasteiger partial charge in [-0.2, -0.15) is 0 Å². The Morgan fingerprint density at radius 1 is 1.50 bits per heavy atom. The van der Waals surface area contributed by atoms with Crippen LogP contribution in [-0.4, -0.2) is 16.7 Å². The molecule has 1 aromatic rings. The summed E-state index contributed by atoms with van der Waals surface area (Å²) in [6, 6.07) is 0. The number of aryl methyl sites for hydroxylation is 1. The van der Waals surface area contributed by atoms with Crippen molar-refractivity contribution in [1.82, 2.24) is 4.98 Å². The Bertz CT molecular complexity index is 302. The van der Waals surface area contributed by atoms with Crippen molar-refractivity contribution in [2.45, 2.75) is 33.1 Å². The molecule has 0 unspecified atom stereocenters. The van der Waals surface area contributed by atoms with Gasteiger partial charge in [0.15, 0.2) is 0 Å². The highest BCUT2D eigenvalue weighted by Gasteiger charge is 2.05. The molecule has 1 N–H and O–H groups in total. The minimum atomic E-state index is 0.117. The SMILES string of the molecule is CCCC=Cc1nc(CCO)c(C)o1. The number of aliphatic hydroxyl groups excluding tert-OH is 1. The smallest absolute Gasteiger partial charge is 0.218 e. The normalized spacial score (nSPS) is 11.4. The minimum Gasteiger partial charge on any atom is -0.442 e. The summed E-state index contributed by atoms with van der Waals surface area (Å²) < 4.78 is 5.40. The van der Waals surface area contributed by atoms with Crippen LogP contribution in [0.15, 0.2) is 10.5 Å². The lowest BCUT2D eigenvalue weighted by molar-refractivity contribution is 0.297. The van der Waals surface area contributed by atoms with E-state index in [0.717, 1.165) is 24.3 Å². The molecule has 1 rings (SSSR count). The van der Waals surface area contributed by atoms with Crippen molar-refractivity contribution in [1.29, 1.82) is 0 Å². The zero-order valence-electron chi connectivity index (χ0n) is 8.79. The van der Waals surface area contributed by atoms with Gasteiger partial charge in [-0.25, -0.2) is 4.98 Å². The van der Waals surface area contributed by atoms with Gasteiger partial charge in [-0.3, -0.25) is 0 Å². The summed E-state index contributed by atoms with van der Waals surface area (Å²) in [5, 5.41) is 8.77. The van der Waals surface area contributed by atoms with Gasteiger partial charge in [0.2, 0.25) is 5.89 Å². The molecule has 3 nitrogen and oxygen atoms in total. The van der Waals surface area contributed by atoms with Crippen molar-refractivity contribution in [3.8, 4) is 0 Å². The molecule has 0 radical (unpaired) electrons. The molecule has 0 saturated heterocycles. The Kier molecular flexibility index (Phi) is 4.40. The molecular weight excluding hydrogens is 178 g/mol. The number of hydrogen-bond donors (Lipinski definition) is 1. The molecule has 0 atom stereocenters. The lowest BCUT2D eigenvalue weighted by Gasteiger charge is -1.88. The monoisotopic (exact) mass is 195 g/mol. The average molecular weight is 195 g/mol. The molecule has 14 heavy (non-hydrogen) atoms. The summed E-state index contributed by atoms with van der Waals surface area (Å²) in [6.07, 6.45) is 6.67. The van der Waals surface area contributed by atoms with Crippen LogP contribution in [0.1, 0.15) is 37.1 Å². The molecule has 78 valence electrons. The fourth-order valence-electron chi connectivity index (χ4n) is 1.21. The average Bonchev–Trinajstić information content (AvgIpc) is 2.49. The van der Waals surface area contributed by atoms with Gasteiger partial charge in [0, 0.05) is 13.0 Å². The molecule has 0 spiro atoms. The van der Waals surface area contributed by atoms with Gasteiger partial charge in [-0.1, -0.05) is 19.4 Å². The molecule has 1 heterocycles. The fraction of sp³-hybridized carbons (Fsp3) is 0.545. The van der Waals surface area contributed by atoms with E-state index in [-0.39, 0.29) is 6.61 Å². The summed E-state index contributed by atoms with van der Waals surface area (Å²) in [6.45, 7) is 4.11. The first-order valence-electron chi connectivity index (χ1n) is 5.01. The number of unbranched alkanes of at least 4 members (excludes halogenated alkanes) is 1. The number of oxazole rings is 1. The molecule has 0 aliphatic heterocycles. The number of rotatable bonds is 5. The fourth-order valence-corrected chi connectivity index (χ4v) is 1.21. The van der Waals surface area contributed by atoms with Gasteiger partial charge in [0.1, 0.15) is 5.76 Å². The molecule has 0 aliphatic rings. The van der Waals surface area contributed by atoms with Gasteiger partial charge in [0.25, 0.3) is 0 Å². The van der Waals surface area contributed by atoms with Crippen LogP contribution >= 0.6 is 0 Å². The third-order valence-corrected chi connectivity index (χ3v) is 1.97. The van der Waals surface area contributed by atoms with Gasteiger partial charge in [0.05, 0.1) is 5.69 Å². The highest BCUT2D eigenvalue weighted by molar-refractivity contribution is 5.38. The van der Waals surface area contributed by atoms with Gasteiger partial charge in [-0.05, 0) is 19.4 Å². The number of aromatic nitrogens is 1. The molecule has 0 bridgehead atoms. The maximum Gasteiger partial charge on any atom is 0.218 e. The predicted octanol–water partition coefficient (Wildman–Crippen LogP) is 2.33. The van der Waals surface area contributed by atoms with E-state index in [4.69, 9.17) is 9.52 Å². The minimum absolute atomic E-state index is 0.117. The summed E-state index contributed by atoms with van der Waals surface area (Å²) in [7, 11) is 0. The second kappa shape index (κ2) is 5.60. The van der Waals surface area contributed by atoms with E-state index in [1.165, 1.54) is 0 Å². The van der Waals surface area contributed by atoms with Crippen LogP contribution in [0.3, 0.4) is 0 Å². The van der Waals surface area contributed by atoms with Crippen LogP contribution in [0.25, 0.3) is 6.08 Å². The van der Waals surface area contributed by atoms with Gasteiger partial charge < -0.3 is 9.52 Å². The first-order chi connectivity index (χ1) is 6.77. The third kappa shape index (κ3) is 3.00. The van der Waals surface area contributed by atoms with Crippen LogP contribution in [0, 0.1) is 6.92 Å². The van der Waals surface area contributed by atoms with Crippen LogP contribution in [0.5, 0.6) is 0 Å². The third-order valence-electron chi connectivity index (χ3n) is 1.97. The van der Waals surface area contributed by atoms with Crippen molar-refractivity contribution in [2.75, 3.05) is 6.61 Å². The molecule has 0 amide bonds. The van der Waals surface area contributed by atoms with Crippen molar-refractivity contribution < 1.29 is 9.52 Å². The molecule has 0 aliphatic carbocycles. The Labute approximate surface area is 84.5 Å². The second-order valence-electron chi connectivity index (χ2n) is 3.22. The standard InChI is InChI=1S/C11H17NO2/c1-3-4-5-6-11-12-10(7-8-13)9(2)14-11/h5-6,13H,3-4,7-8H2,1-2H3. The van der Waals surface area contributed by atoms with Crippen LogP contribution in [0.4, 0.5) is 0 Å². The maximum atomic E-state index is 8.77. The van der Waals surface area contributed by atoms with Crippen molar-refractivity contribution in [3.63, 3.8) is 0 Å². The Morgan fingerprint density at radius 3 is 2.93 bits per heavy atom. The van der Waals surface area contributed by atoms with E-state index in [1.807, 2.05) is 19.1 Å². The summed E-state index contributed by atoms with van der Waals surface area (Å²) >= 11 is 0. The van der Waals surface area contributed by atoms with Crippen molar-refractivity contribution in [3.05, 3.63) is 23.4 Å². The zero-order chi connectivity index (χ0) is 10.4. The van der Waals surface area contributed by atoms with E-state index in [1.54, 1.807) is 0 Å². The lowest BCUT2D eigenvalue weighted by atomic mass is 10.3. The van der Waals surface area contributed by atoms with E-state index >= 15 is 0 Å². The zero-order valence-corrected chi connectivity index (χ0v) is 8.79. The summed E-state index contributed by atoms with van der Waals surface area (Å²) in [5.74, 6) is 1.44. The van der Waals surface area contributed by atoms with Crippen LogP contribution in [-0.2, 0) is 6.42 Å². The molecule has 3 heteroatoms. The molecule has 1 aromatic heterocycles. The quantitative estimate of drug-likeness (QED) is 0.784. The maximum absolute atomic E-state index is 8.77. The first kappa shape index (κ1) is 11.0. The Balaban J connectivity index is 2.65. The highest BCUT2D eigenvalue weighted by atomic mass is 16.4. The van der Waals surface area contributed by atoms with Gasteiger partial charge >= 0.3 is 0 Å². The van der Waals surface area contributed by atoms with E-state index < -0.39 is 0 Å². The van der Waals surface area contributed by atoms with E-state index in [0.29, 0.717) is 12.3 Å². The molecule has 0 fully saturated rings. The molecule has 0 aromatic carbocycles. The summed E-state index contributed by atoms with van der Waals surface area (Å²) in [5.41, 5.74) is 0.851. The second-order valence-corrected chi connectivity index (χ2v) is 3.22. The largest absolute Gasteiger partial charge is 0.442 e. The first-order valence-corrected chi connectivity index (χ1v) is 5.01. The lowest BCUT2D eigenvalue weighted by Crippen LogP contribution is -1.92. The van der Waals surface area contributed by atoms with E-state index in [2.05, 4.69) is 11.9 Å². The van der Waals surface area contributed by atoms with Crippen molar-refractivity contribution in [2.24, 2.45) is 0 Å². The Morgan fingerprint density at radius 2 is 2.29 bits per heavy atom. The number of nitrogens with zero attached hydrogens (tertiary/aromatic N) is 1. The highest BCUT2D eigenvalue weighted by Crippen LogP contribution is 2.11. The molecular formula is C11H17NO2. The van der Waals surface area contributed by atoms with E-state index in [9.17, 15) is 0 Å². The van der Waals surface area contributed by atoms with Gasteiger partial charge in [-0.15, -0.1) is 0 Å².